The highest BCUT2D eigenvalue weighted by molar-refractivity contribution is 9.10. The molecule has 4 nitrogen and oxygen atoms in total. The lowest BCUT2D eigenvalue weighted by Crippen LogP contribution is -2.23. The number of rotatable bonds is 4. The molecule has 6 heteroatoms. The number of halogens is 2. The van der Waals surface area contributed by atoms with Crippen LogP contribution in [0.1, 0.15) is 6.42 Å². The maximum absolute atomic E-state index is 11.5. The Morgan fingerprint density at radius 1 is 1.57 bits per heavy atom. The van der Waals surface area contributed by atoms with Gasteiger partial charge in [-0.15, -0.1) is 0 Å². The zero-order valence-corrected chi connectivity index (χ0v) is 10.5. The van der Waals surface area contributed by atoms with E-state index in [-0.39, 0.29) is 10.7 Å². The summed E-state index contributed by atoms with van der Waals surface area (Å²) in [6.07, 6.45) is 5.32. The summed E-state index contributed by atoms with van der Waals surface area (Å²) in [7, 11) is 0. The van der Waals surface area contributed by atoms with Gasteiger partial charge in [-0.05, 0) is 6.42 Å². The number of nitrogens with zero attached hydrogens (tertiary/aromatic N) is 2. The smallest absolute Gasteiger partial charge is 0.239 e. The summed E-state index contributed by atoms with van der Waals surface area (Å²) in [6.45, 7) is 0. The third-order valence-corrected chi connectivity index (χ3v) is 2.79. The second-order valence-electron chi connectivity index (χ2n) is 2.53. The van der Waals surface area contributed by atoms with E-state index in [4.69, 9.17) is 0 Å². The highest BCUT2D eigenvalue weighted by Crippen LogP contribution is 2.09. The Kier molecular flexibility index (Phi) is 5.03. The van der Waals surface area contributed by atoms with Gasteiger partial charge in [0.2, 0.25) is 5.91 Å². The lowest BCUT2D eigenvalue weighted by atomic mass is 10.3. The van der Waals surface area contributed by atoms with Gasteiger partial charge in [-0.25, -0.2) is 4.98 Å². The number of carbonyl (C=O) groups excluding carboxylic acids is 1. The van der Waals surface area contributed by atoms with Crippen LogP contribution in [0.5, 0.6) is 0 Å². The number of hydrogen-bond acceptors (Lipinski definition) is 3. The molecule has 0 aliphatic rings. The van der Waals surface area contributed by atoms with Crippen molar-refractivity contribution in [3.8, 4) is 0 Å². The fourth-order valence-electron chi connectivity index (χ4n) is 0.795. The van der Waals surface area contributed by atoms with E-state index in [0.29, 0.717) is 5.82 Å². The van der Waals surface area contributed by atoms with Crippen molar-refractivity contribution < 1.29 is 4.79 Å². The second-order valence-corrected chi connectivity index (χ2v) is 4.42. The Morgan fingerprint density at radius 2 is 2.36 bits per heavy atom. The Balaban J connectivity index is 2.49. The molecule has 1 heterocycles. The first-order chi connectivity index (χ1) is 6.74. The van der Waals surface area contributed by atoms with Gasteiger partial charge >= 0.3 is 0 Å². The number of anilines is 1. The van der Waals surface area contributed by atoms with Crippen LogP contribution >= 0.6 is 31.9 Å². The van der Waals surface area contributed by atoms with Crippen LogP contribution < -0.4 is 5.32 Å². The third-order valence-electron chi connectivity index (χ3n) is 1.46. The summed E-state index contributed by atoms with van der Waals surface area (Å²) in [4.78, 5) is 19.0. The Bertz CT molecular complexity index is 294. The van der Waals surface area contributed by atoms with E-state index in [0.717, 1.165) is 11.8 Å². The van der Waals surface area contributed by atoms with Crippen LogP contribution in [0.4, 0.5) is 5.82 Å². The number of amides is 1. The van der Waals surface area contributed by atoms with Crippen molar-refractivity contribution in [3.63, 3.8) is 0 Å². The summed E-state index contributed by atoms with van der Waals surface area (Å²) in [5.41, 5.74) is 0. The zero-order chi connectivity index (χ0) is 10.4. The lowest BCUT2D eigenvalue weighted by Gasteiger charge is -2.07. The van der Waals surface area contributed by atoms with Gasteiger partial charge in [0.25, 0.3) is 0 Å². The fraction of sp³-hybridized carbons (Fsp3) is 0.375. The van der Waals surface area contributed by atoms with Crippen LogP contribution in [0, 0.1) is 0 Å². The number of nitrogens with one attached hydrogen (secondary N) is 1. The minimum absolute atomic E-state index is 0.107. The summed E-state index contributed by atoms with van der Waals surface area (Å²) in [6, 6.07) is 0. The van der Waals surface area contributed by atoms with Gasteiger partial charge in [0.05, 0.1) is 11.0 Å². The van der Waals surface area contributed by atoms with E-state index in [1.165, 1.54) is 12.4 Å². The van der Waals surface area contributed by atoms with E-state index < -0.39 is 0 Å². The van der Waals surface area contributed by atoms with Crippen molar-refractivity contribution in [2.75, 3.05) is 10.6 Å². The molecule has 0 saturated carbocycles. The van der Waals surface area contributed by atoms with Gasteiger partial charge in [-0.2, -0.15) is 0 Å². The molecule has 1 N–H and O–H groups in total. The first-order valence-corrected chi connectivity index (χ1v) is 6.04. The van der Waals surface area contributed by atoms with Crippen LogP contribution in [0.2, 0.25) is 0 Å². The van der Waals surface area contributed by atoms with Crippen molar-refractivity contribution in [2.45, 2.75) is 11.2 Å². The molecule has 1 amide bonds. The van der Waals surface area contributed by atoms with Crippen LogP contribution in [0.15, 0.2) is 18.6 Å². The first kappa shape index (κ1) is 11.6. The van der Waals surface area contributed by atoms with Crippen LogP contribution in [-0.4, -0.2) is 26.0 Å². The van der Waals surface area contributed by atoms with Gasteiger partial charge in [0, 0.05) is 17.7 Å². The molecule has 0 aliphatic heterocycles. The molecular weight excluding hydrogens is 314 g/mol. The lowest BCUT2D eigenvalue weighted by molar-refractivity contribution is -0.115. The van der Waals surface area contributed by atoms with Crippen LogP contribution in [0.3, 0.4) is 0 Å². The molecule has 0 unspecified atom stereocenters. The van der Waals surface area contributed by atoms with Gasteiger partial charge in [0.15, 0.2) is 5.82 Å². The third kappa shape index (κ3) is 3.71. The molecule has 1 atom stereocenters. The molecule has 14 heavy (non-hydrogen) atoms. The summed E-state index contributed by atoms with van der Waals surface area (Å²) in [5, 5.41) is 3.42. The number of hydrogen-bond donors (Lipinski definition) is 1. The maximum atomic E-state index is 11.5. The van der Waals surface area contributed by atoms with Crippen LogP contribution in [-0.2, 0) is 4.79 Å². The number of alkyl halides is 2. The molecule has 1 aromatic rings. The quantitative estimate of drug-likeness (QED) is 0.862. The largest absolute Gasteiger partial charge is 0.308 e. The summed E-state index contributed by atoms with van der Waals surface area (Å²) in [5.74, 6) is 0.362. The normalized spacial score (nSPS) is 12.1. The predicted octanol–water partition coefficient (Wildman–Crippen LogP) is 1.96. The van der Waals surface area contributed by atoms with Gasteiger partial charge in [-0.3, -0.25) is 9.78 Å². The highest BCUT2D eigenvalue weighted by Gasteiger charge is 2.14. The monoisotopic (exact) mass is 321 g/mol. The average molecular weight is 323 g/mol. The molecule has 0 spiro atoms. The zero-order valence-electron chi connectivity index (χ0n) is 7.28. The Hall–Kier alpha value is -0.490. The first-order valence-electron chi connectivity index (χ1n) is 4.01. The average Bonchev–Trinajstić information content (AvgIpc) is 2.19. The molecule has 0 fully saturated rings. The van der Waals surface area contributed by atoms with E-state index in [2.05, 4.69) is 47.1 Å². The minimum Gasteiger partial charge on any atom is -0.308 e. The second kappa shape index (κ2) is 6.08. The number of aromatic nitrogens is 2. The SMILES string of the molecule is O=C(Nc1cnccn1)[C@@H](Br)CCBr. The summed E-state index contributed by atoms with van der Waals surface area (Å²) >= 11 is 6.54. The van der Waals surface area contributed by atoms with Crippen molar-refractivity contribution in [1.82, 2.24) is 9.97 Å². The van der Waals surface area contributed by atoms with Crippen molar-refractivity contribution >= 4 is 43.6 Å². The minimum atomic E-state index is -0.205. The molecule has 76 valence electrons. The molecule has 1 rings (SSSR count). The topological polar surface area (TPSA) is 54.9 Å². The Labute approximate surface area is 98.8 Å². The summed E-state index contributed by atoms with van der Waals surface area (Å²) < 4.78 is 0. The van der Waals surface area contributed by atoms with E-state index in [1.807, 2.05) is 0 Å². The molecule has 0 aliphatic carbocycles. The van der Waals surface area contributed by atoms with Gasteiger partial charge in [0.1, 0.15) is 0 Å². The highest BCUT2D eigenvalue weighted by atomic mass is 79.9. The van der Waals surface area contributed by atoms with E-state index in [1.54, 1.807) is 6.20 Å². The van der Waals surface area contributed by atoms with E-state index >= 15 is 0 Å². The maximum Gasteiger partial charge on any atom is 0.239 e. The molecule has 0 saturated heterocycles. The predicted molar refractivity (Wildman–Crippen MR) is 61.8 cm³/mol. The standard InChI is InChI=1S/C8H9Br2N3O/c9-2-1-6(10)8(14)13-7-5-11-3-4-12-7/h3-6H,1-2H2,(H,12,13,14)/t6-/m0/s1. The van der Waals surface area contributed by atoms with Crippen molar-refractivity contribution in [2.24, 2.45) is 0 Å². The Morgan fingerprint density at radius 3 is 2.93 bits per heavy atom. The molecule has 1 aromatic heterocycles. The molecule has 0 radical (unpaired) electrons. The molecular formula is C8H9Br2N3O. The van der Waals surface area contributed by atoms with Gasteiger partial charge < -0.3 is 5.32 Å². The van der Waals surface area contributed by atoms with E-state index in [9.17, 15) is 4.79 Å². The molecule has 0 aromatic carbocycles. The molecule has 0 bridgehead atoms. The van der Waals surface area contributed by atoms with Crippen molar-refractivity contribution in [3.05, 3.63) is 18.6 Å². The number of carbonyl (C=O) groups is 1. The van der Waals surface area contributed by atoms with Crippen molar-refractivity contribution in [1.29, 1.82) is 0 Å². The fourth-order valence-corrected chi connectivity index (χ4v) is 2.21. The van der Waals surface area contributed by atoms with Gasteiger partial charge in [-0.1, -0.05) is 31.9 Å². The van der Waals surface area contributed by atoms with Crippen LogP contribution in [0.25, 0.3) is 0 Å².